The summed E-state index contributed by atoms with van der Waals surface area (Å²) >= 11 is 2.06. The molecular weight excluding hydrogens is 578 g/mol. The lowest BCUT2D eigenvalue weighted by molar-refractivity contribution is -0.112. The lowest BCUT2D eigenvalue weighted by atomic mass is 10.1. The van der Waals surface area contributed by atoms with Crippen molar-refractivity contribution in [1.29, 1.82) is 5.26 Å². The van der Waals surface area contributed by atoms with Gasteiger partial charge < -0.3 is 19.5 Å². The summed E-state index contributed by atoms with van der Waals surface area (Å²) in [6.45, 7) is 2.18. The van der Waals surface area contributed by atoms with Gasteiger partial charge in [-0.2, -0.15) is 5.26 Å². The Morgan fingerprint density at radius 1 is 1.11 bits per heavy atom. The van der Waals surface area contributed by atoms with E-state index in [1.165, 1.54) is 43.5 Å². The molecule has 0 fully saturated rings. The second-order valence-corrected chi connectivity index (χ2v) is 8.50. The number of ether oxygens (including phenoxy) is 3. The monoisotopic (exact) mass is 600 g/mol. The fraction of sp³-hybridized carbons (Fsp3) is 0.148. The zero-order valence-corrected chi connectivity index (χ0v) is 21.7. The molecule has 0 bridgehead atoms. The Morgan fingerprint density at radius 2 is 1.83 bits per heavy atom. The first-order valence-electron chi connectivity index (χ1n) is 10.8. The number of carbonyl (C=O) groups is 2. The molecule has 9 heteroatoms. The molecule has 0 spiro atoms. The number of anilines is 1. The third kappa shape index (κ3) is 6.82. The summed E-state index contributed by atoms with van der Waals surface area (Å²) in [5.41, 5.74) is 1.57. The predicted octanol–water partition coefficient (Wildman–Crippen LogP) is 5.74. The summed E-state index contributed by atoms with van der Waals surface area (Å²) in [6.07, 6.45) is 1.43. The van der Waals surface area contributed by atoms with Gasteiger partial charge in [-0.1, -0.05) is 18.2 Å². The minimum absolute atomic E-state index is 0.0125. The molecule has 0 aliphatic carbocycles. The molecule has 1 amide bonds. The number of methoxy groups -OCH3 is 1. The highest BCUT2D eigenvalue weighted by molar-refractivity contribution is 14.1. The van der Waals surface area contributed by atoms with Gasteiger partial charge >= 0.3 is 5.97 Å². The topological polar surface area (TPSA) is 97.7 Å². The summed E-state index contributed by atoms with van der Waals surface area (Å²) in [6, 6.07) is 17.7. The summed E-state index contributed by atoms with van der Waals surface area (Å²) in [5.74, 6) is -0.632. The third-order valence-electron chi connectivity index (χ3n) is 4.90. The molecule has 3 rings (SSSR count). The zero-order valence-electron chi connectivity index (χ0n) is 19.5. The van der Waals surface area contributed by atoms with Crippen LogP contribution in [0.1, 0.15) is 28.4 Å². The SMILES string of the molecule is CCOc1cc(/C=C(\C#N)C(=O)Nc2ccc(C(=O)OC)cc2)cc(I)c1OCc1ccccc1F. The zero-order chi connectivity index (χ0) is 26.1. The number of hydrogen-bond donors (Lipinski definition) is 1. The fourth-order valence-electron chi connectivity index (χ4n) is 3.16. The van der Waals surface area contributed by atoms with Crippen molar-refractivity contribution in [3.63, 3.8) is 0 Å². The molecule has 184 valence electrons. The van der Waals surface area contributed by atoms with Crippen LogP contribution in [0.15, 0.2) is 66.2 Å². The van der Waals surface area contributed by atoms with Gasteiger partial charge in [0.15, 0.2) is 11.5 Å². The second-order valence-electron chi connectivity index (χ2n) is 7.34. The van der Waals surface area contributed by atoms with Crippen molar-refractivity contribution in [1.82, 2.24) is 0 Å². The number of nitriles is 1. The number of carbonyl (C=O) groups excluding carboxylic acids is 2. The highest BCUT2D eigenvalue weighted by atomic mass is 127. The van der Waals surface area contributed by atoms with Gasteiger partial charge in [0.2, 0.25) is 0 Å². The van der Waals surface area contributed by atoms with Crippen molar-refractivity contribution >= 4 is 46.2 Å². The van der Waals surface area contributed by atoms with Gasteiger partial charge in [0, 0.05) is 11.3 Å². The average molecular weight is 600 g/mol. The average Bonchev–Trinajstić information content (AvgIpc) is 2.87. The van der Waals surface area contributed by atoms with Crippen LogP contribution in [0.3, 0.4) is 0 Å². The molecule has 0 atom stereocenters. The fourth-order valence-corrected chi connectivity index (χ4v) is 3.94. The maximum atomic E-state index is 14.0. The second kappa shape index (κ2) is 12.7. The molecule has 7 nitrogen and oxygen atoms in total. The van der Waals surface area contributed by atoms with Gasteiger partial charge in [0.05, 0.1) is 22.9 Å². The first-order chi connectivity index (χ1) is 17.4. The molecule has 0 heterocycles. The number of nitrogens with zero attached hydrogens (tertiary/aromatic N) is 1. The van der Waals surface area contributed by atoms with Crippen molar-refractivity contribution in [3.8, 4) is 17.6 Å². The van der Waals surface area contributed by atoms with Gasteiger partial charge in [-0.15, -0.1) is 0 Å². The Morgan fingerprint density at radius 3 is 2.47 bits per heavy atom. The number of hydrogen-bond acceptors (Lipinski definition) is 6. The predicted molar refractivity (Wildman–Crippen MR) is 141 cm³/mol. The standard InChI is InChI=1S/C27H22FIN2O5/c1-3-35-24-14-17(13-23(29)25(24)36-16-19-6-4-5-7-22(19)28)12-20(15-30)26(32)31-21-10-8-18(9-11-21)27(33)34-2/h4-14H,3,16H2,1-2H3,(H,31,32)/b20-12+. The Balaban J connectivity index is 1.82. The van der Waals surface area contributed by atoms with Gasteiger partial charge in [-0.05, 0) is 83.6 Å². The number of rotatable bonds is 9. The Labute approximate surface area is 221 Å². The minimum Gasteiger partial charge on any atom is -0.490 e. The highest BCUT2D eigenvalue weighted by Crippen LogP contribution is 2.35. The van der Waals surface area contributed by atoms with Crippen LogP contribution in [0.5, 0.6) is 11.5 Å². The Bertz CT molecular complexity index is 1330. The van der Waals surface area contributed by atoms with Gasteiger partial charge in [0.25, 0.3) is 5.91 Å². The van der Waals surface area contributed by atoms with Crippen LogP contribution >= 0.6 is 22.6 Å². The van der Waals surface area contributed by atoms with Crippen molar-refractivity contribution in [2.75, 3.05) is 19.0 Å². The summed E-state index contributed by atoms with van der Waals surface area (Å²) in [7, 11) is 1.28. The molecule has 0 saturated heterocycles. The molecule has 1 N–H and O–H groups in total. The van der Waals surface area contributed by atoms with Crippen LogP contribution in [0.2, 0.25) is 0 Å². The van der Waals surface area contributed by atoms with E-state index in [-0.39, 0.29) is 18.0 Å². The van der Waals surface area contributed by atoms with E-state index in [1.54, 1.807) is 30.3 Å². The summed E-state index contributed by atoms with van der Waals surface area (Å²) in [4.78, 5) is 24.3. The molecule has 0 aromatic heterocycles. The van der Waals surface area contributed by atoms with Gasteiger partial charge in [-0.3, -0.25) is 4.79 Å². The van der Waals surface area contributed by atoms with E-state index < -0.39 is 11.9 Å². The van der Waals surface area contributed by atoms with Crippen molar-refractivity contribution < 1.29 is 28.2 Å². The number of nitrogens with one attached hydrogen (secondary N) is 1. The quantitative estimate of drug-likeness (QED) is 0.146. The number of benzene rings is 3. The molecule has 3 aromatic rings. The van der Waals surface area contributed by atoms with Crippen molar-refractivity contribution in [2.24, 2.45) is 0 Å². The van der Waals surface area contributed by atoms with Crippen LogP contribution in [0.25, 0.3) is 6.08 Å². The molecule has 0 aliphatic heterocycles. The molecule has 0 saturated carbocycles. The molecule has 3 aromatic carbocycles. The molecule has 0 radical (unpaired) electrons. The minimum atomic E-state index is -0.615. The Hall–Kier alpha value is -3.91. The van der Waals surface area contributed by atoms with Crippen molar-refractivity contribution in [3.05, 3.63) is 92.3 Å². The van der Waals surface area contributed by atoms with E-state index in [1.807, 2.05) is 13.0 Å². The van der Waals surface area contributed by atoms with E-state index in [9.17, 15) is 19.2 Å². The van der Waals surface area contributed by atoms with Crippen LogP contribution in [-0.4, -0.2) is 25.6 Å². The number of amides is 1. The molecule has 0 aliphatic rings. The molecule has 36 heavy (non-hydrogen) atoms. The normalized spacial score (nSPS) is 10.8. The van der Waals surface area contributed by atoms with Crippen LogP contribution < -0.4 is 14.8 Å². The smallest absolute Gasteiger partial charge is 0.337 e. The maximum Gasteiger partial charge on any atom is 0.337 e. The third-order valence-corrected chi connectivity index (χ3v) is 5.70. The van der Waals surface area contributed by atoms with Crippen molar-refractivity contribution in [2.45, 2.75) is 13.5 Å². The number of esters is 1. The molecular formula is C27H22FIN2O5. The van der Waals surface area contributed by atoms with Crippen LogP contribution in [-0.2, 0) is 16.1 Å². The lowest BCUT2D eigenvalue weighted by Crippen LogP contribution is -2.13. The highest BCUT2D eigenvalue weighted by Gasteiger charge is 2.16. The first-order valence-corrected chi connectivity index (χ1v) is 11.9. The van der Waals surface area contributed by atoms with E-state index >= 15 is 0 Å². The van der Waals surface area contributed by atoms with E-state index in [2.05, 4.69) is 32.6 Å². The summed E-state index contributed by atoms with van der Waals surface area (Å²) < 4.78 is 30.9. The van der Waals surface area contributed by atoms with E-state index in [0.29, 0.717) is 44.1 Å². The summed E-state index contributed by atoms with van der Waals surface area (Å²) in [5, 5.41) is 12.2. The number of halogens is 2. The van der Waals surface area contributed by atoms with Crippen LogP contribution in [0.4, 0.5) is 10.1 Å². The van der Waals surface area contributed by atoms with Gasteiger partial charge in [0.1, 0.15) is 24.1 Å². The van der Waals surface area contributed by atoms with Crippen LogP contribution in [0, 0.1) is 20.7 Å². The molecule has 0 unspecified atom stereocenters. The van der Waals surface area contributed by atoms with Gasteiger partial charge in [-0.25, -0.2) is 9.18 Å². The first kappa shape index (κ1) is 26.7. The maximum absolute atomic E-state index is 14.0. The Kier molecular flexibility index (Phi) is 9.41. The lowest BCUT2D eigenvalue weighted by Gasteiger charge is -2.15. The van der Waals surface area contributed by atoms with E-state index in [4.69, 9.17) is 9.47 Å². The largest absolute Gasteiger partial charge is 0.490 e. The van der Waals surface area contributed by atoms with E-state index in [0.717, 1.165) is 0 Å².